The molecule has 0 heterocycles. The number of nitrogens with zero attached hydrogens (tertiary/aromatic N) is 2. The molecule has 10 heteroatoms. The largest absolute Gasteiger partial charge is 0.495 e. The van der Waals surface area contributed by atoms with Gasteiger partial charge in [-0.15, -0.1) is 0 Å². The van der Waals surface area contributed by atoms with E-state index in [2.05, 4.69) is 5.32 Å². The van der Waals surface area contributed by atoms with Crippen molar-refractivity contribution in [2.45, 2.75) is 38.8 Å². The molecular formula is C30H36ClN3O5S. The van der Waals surface area contributed by atoms with Gasteiger partial charge in [0, 0.05) is 24.5 Å². The number of ether oxygens (including phenoxy) is 1. The maximum absolute atomic E-state index is 14.1. The summed E-state index contributed by atoms with van der Waals surface area (Å²) in [6.07, 6.45) is 2.96. The van der Waals surface area contributed by atoms with Crippen molar-refractivity contribution in [1.82, 2.24) is 10.2 Å². The molecule has 0 spiro atoms. The summed E-state index contributed by atoms with van der Waals surface area (Å²) in [7, 11) is -2.47. The molecule has 214 valence electrons. The normalized spacial score (nSPS) is 11.9. The molecule has 8 nitrogen and oxygen atoms in total. The minimum Gasteiger partial charge on any atom is -0.495 e. The minimum absolute atomic E-state index is 0.0146. The summed E-state index contributed by atoms with van der Waals surface area (Å²) < 4.78 is 32.3. The zero-order valence-electron chi connectivity index (χ0n) is 23.0. The zero-order valence-corrected chi connectivity index (χ0v) is 24.6. The molecule has 2 amide bonds. The number of hydrogen-bond acceptors (Lipinski definition) is 5. The van der Waals surface area contributed by atoms with Crippen LogP contribution < -0.4 is 14.4 Å². The Morgan fingerprint density at radius 2 is 1.62 bits per heavy atom. The molecule has 1 N–H and O–H groups in total. The van der Waals surface area contributed by atoms with Gasteiger partial charge in [-0.05, 0) is 35.7 Å². The molecule has 40 heavy (non-hydrogen) atoms. The number of carbonyl (C=O) groups excluding carboxylic acids is 2. The molecule has 0 aliphatic carbocycles. The van der Waals surface area contributed by atoms with Crippen molar-refractivity contribution in [3.63, 3.8) is 0 Å². The molecule has 0 aromatic heterocycles. The number of anilines is 1. The molecule has 0 fully saturated rings. The third kappa shape index (κ3) is 8.47. The maximum Gasteiger partial charge on any atom is 0.244 e. The molecule has 0 radical (unpaired) electrons. The van der Waals surface area contributed by atoms with Crippen molar-refractivity contribution in [3.05, 3.63) is 95.0 Å². The molecule has 3 aromatic carbocycles. The Labute approximate surface area is 241 Å². The molecule has 0 saturated carbocycles. The van der Waals surface area contributed by atoms with Gasteiger partial charge in [-0.1, -0.05) is 85.6 Å². The van der Waals surface area contributed by atoms with Gasteiger partial charge in [-0.25, -0.2) is 8.42 Å². The number of rotatable bonds is 14. The fourth-order valence-corrected chi connectivity index (χ4v) is 5.35. The second-order valence-electron chi connectivity index (χ2n) is 9.40. The van der Waals surface area contributed by atoms with Gasteiger partial charge in [0.1, 0.15) is 18.3 Å². The third-order valence-corrected chi connectivity index (χ3v) is 7.93. The molecule has 0 unspecified atom stereocenters. The summed E-state index contributed by atoms with van der Waals surface area (Å²) in [6, 6.07) is 22.1. The number of hydrogen-bond donors (Lipinski definition) is 1. The second kappa shape index (κ2) is 14.7. The van der Waals surface area contributed by atoms with E-state index in [1.807, 2.05) is 37.3 Å². The van der Waals surface area contributed by atoms with E-state index in [0.29, 0.717) is 22.9 Å². The average Bonchev–Trinajstić information content (AvgIpc) is 2.94. The average molecular weight is 586 g/mol. The quantitative estimate of drug-likeness (QED) is 0.277. The number of halogens is 1. The Bertz CT molecular complexity index is 1380. The van der Waals surface area contributed by atoms with Gasteiger partial charge in [0.15, 0.2) is 0 Å². The summed E-state index contributed by atoms with van der Waals surface area (Å²) in [5, 5.41) is 3.40. The number of benzene rings is 3. The molecule has 0 aliphatic heterocycles. The van der Waals surface area contributed by atoms with Crippen LogP contribution in [-0.2, 0) is 32.6 Å². The number of para-hydroxylation sites is 2. The Kier molecular flexibility index (Phi) is 11.4. The lowest BCUT2D eigenvalue weighted by molar-refractivity contribution is -0.140. The number of nitrogens with one attached hydrogen (secondary N) is 1. The van der Waals surface area contributed by atoms with E-state index in [9.17, 15) is 18.0 Å². The number of sulfonamides is 1. The highest BCUT2D eigenvalue weighted by Crippen LogP contribution is 2.30. The van der Waals surface area contributed by atoms with E-state index in [0.717, 1.165) is 29.0 Å². The standard InChI is InChI=1S/C30H36ClN3O5S/c1-4-5-19-32-30(36)27(20-23-13-7-6-8-14-23)33(21-24-15-9-10-16-25(24)31)29(35)22-34(40(3,37)38)26-17-11-12-18-28(26)39-2/h6-18,27H,4-5,19-22H2,1-3H3,(H,32,36)/t27-/m1/s1. The summed E-state index contributed by atoms with van der Waals surface area (Å²) >= 11 is 6.47. The second-order valence-corrected chi connectivity index (χ2v) is 11.7. The number of amides is 2. The maximum atomic E-state index is 14.1. The summed E-state index contributed by atoms with van der Waals surface area (Å²) in [6.45, 7) is 1.97. The molecule has 1 atom stereocenters. The van der Waals surface area contributed by atoms with E-state index in [1.54, 1.807) is 48.5 Å². The fraction of sp³-hybridized carbons (Fsp3) is 0.333. The predicted molar refractivity (Wildman–Crippen MR) is 159 cm³/mol. The Morgan fingerprint density at radius 3 is 2.27 bits per heavy atom. The monoisotopic (exact) mass is 585 g/mol. The van der Waals surface area contributed by atoms with Crippen LogP contribution in [0.25, 0.3) is 0 Å². The van der Waals surface area contributed by atoms with Crippen LogP contribution in [0.4, 0.5) is 5.69 Å². The summed E-state index contributed by atoms with van der Waals surface area (Å²) in [5.74, 6) is -0.569. The van der Waals surface area contributed by atoms with Crippen molar-refractivity contribution >= 4 is 39.1 Å². The third-order valence-electron chi connectivity index (χ3n) is 6.43. The predicted octanol–water partition coefficient (Wildman–Crippen LogP) is 4.67. The van der Waals surface area contributed by atoms with Crippen molar-refractivity contribution in [1.29, 1.82) is 0 Å². The van der Waals surface area contributed by atoms with E-state index in [1.165, 1.54) is 12.0 Å². The van der Waals surface area contributed by atoms with Crippen LogP contribution in [0.3, 0.4) is 0 Å². The van der Waals surface area contributed by atoms with Crippen molar-refractivity contribution in [2.24, 2.45) is 0 Å². The van der Waals surface area contributed by atoms with Crippen molar-refractivity contribution in [3.8, 4) is 5.75 Å². The van der Waals surface area contributed by atoms with Crippen LogP contribution in [0, 0.1) is 0 Å². The van der Waals surface area contributed by atoms with Gasteiger partial charge in [0.05, 0.1) is 19.1 Å². The first-order valence-corrected chi connectivity index (χ1v) is 15.3. The zero-order chi connectivity index (χ0) is 29.1. The van der Waals surface area contributed by atoms with Crippen LogP contribution in [0.15, 0.2) is 78.9 Å². The summed E-state index contributed by atoms with van der Waals surface area (Å²) in [4.78, 5) is 29.1. The smallest absolute Gasteiger partial charge is 0.244 e. The van der Waals surface area contributed by atoms with Crippen LogP contribution in [-0.4, -0.2) is 57.6 Å². The highest BCUT2D eigenvalue weighted by atomic mass is 35.5. The van der Waals surface area contributed by atoms with Gasteiger partial charge < -0.3 is 15.0 Å². The van der Waals surface area contributed by atoms with Gasteiger partial charge in [-0.3, -0.25) is 13.9 Å². The van der Waals surface area contributed by atoms with Gasteiger partial charge in [0.25, 0.3) is 0 Å². The number of carbonyl (C=O) groups is 2. The van der Waals surface area contributed by atoms with Crippen LogP contribution in [0.2, 0.25) is 5.02 Å². The Balaban J connectivity index is 2.06. The molecule has 0 saturated heterocycles. The SMILES string of the molecule is CCCCNC(=O)[C@@H](Cc1ccccc1)N(Cc1ccccc1Cl)C(=O)CN(c1ccccc1OC)S(C)(=O)=O. The summed E-state index contributed by atoms with van der Waals surface area (Å²) in [5.41, 5.74) is 1.73. The molecule has 3 aromatic rings. The Morgan fingerprint density at radius 1 is 0.975 bits per heavy atom. The molecule has 0 bridgehead atoms. The molecular weight excluding hydrogens is 550 g/mol. The van der Waals surface area contributed by atoms with Gasteiger partial charge >= 0.3 is 0 Å². The van der Waals surface area contributed by atoms with Crippen LogP contribution >= 0.6 is 11.6 Å². The Hall–Kier alpha value is -3.56. The first-order valence-electron chi connectivity index (χ1n) is 13.1. The van der Waals surface area contributed by atoms with E-state index >= 15 is 0 Å². The highest BCUT2D eigenvalue weighted by Gasteiger charge is 2.33. The molecule has 3 rings (SSSR count). The molecule has 0 aliphatic rings. The van der Waals surface area contributed by atoms with E-state index in [-0.39, 0.29) is 24.6 Å². The van der Waals surface area contributed by atoms with Crippen molar-refractivity contribution < 1.29 is 22.7 Å². The van der Waals surface area contributed by atoms with Gasteiger partial charge in [-0.2, -0.15) is 0 Å². The lowest BCUT2D eigenvalue weighted by Crippen LogP contribution is -2.53. The number of methoxy groups -OCH3 is 1. The lowest BCUT2D eigenvalue weighted by atomic mass is 10.0. The first-order chi connectivity index (χ1) is 19.2. The topological polar surface area (TPSA) is 96.0 Å². The van der Waals surface area contributed by atoms with Crippen LogP contribution in [0.1, 0.15) is 30.9 Å². The van der Waals surface area contributed by atoms with Crippen LogP contribution in [0.5, 0.6) is 5.75 Å². The van der Waals surface area contributed by atoms with Crippen molar-refractivity contribution in [2.75, 3.05) is 30.8 Å². The fourth-order valence-electron chi connectivity index (χ4n) is 4.30. The van der Waals surface area contributed by atoms with E-state index in [4.69, 9.17) is 16.3 Å². The highest BCUT2D eigenvalue weighted by molar-refractivity contribution is 7.92. The first kappa shape index (κ1) is 31.0. The van der Waals surface area contributed by atoms with E-state index < -0.39 is 28.5 Å². The minimum atomic E-state index is -3.90. The lowest BCUT2D eigenvalue weighted by Gasteiger charge is -2.34. The number of unbranched alkanes of at least 4 members (excludes halogenated alkanes) is 1. The van der Waals surface area contributed by atoms with Gasteiger partial charge in [0.2, 0.25) is 21.8 Å².